The maximum absolute atomic E-state index is 5.55. The number of pyridine rings is 1. The molecule has 0 aliphatic rings. The molecule has 2 N–H and O–H groups in total. The number of hydrogen-bond acceptors (Lipinski definition) is 2. The monoisotopic (exact) mass is 220 g/mol. The van der Waals surface area contributed by atoms with Crippen LogP contribution in [0.4, 0.5) is 5.69 Å². The summed E-state index contributed by atoms with van der Waals surface area (Å²) in [4.78, 5) is 4.00. The predicted molar refractivity (Wildman–Crippen MR) is 45.9 cm³/mol. The molecule has 0 radical (unpaired) electrons. The summed E-state index contributed by atoms with van der Waals surface area (Å²) in [6.07, 6.45) is 1.65. The highest BCUT2D eigenvalue weighted by Gasteiger charge is 1.96. The van der Waals surface area contributed by atoms with Crippen molar-refractivity contribution >= 4 is 33.2 Å². The van der Waals surface area contributed by atoms with Crippen LogP contribution in [0.3, 0.4) is 0 Å². The molecule has 0 saturated heterocycles. The third-order valence-corrected chi connectivity index (χ3v) is 2.01. The Kier molecular flexibility index (Phi) is 2.51. The third-order valence-electron chi connectivity index (χ3n) is 1.08. The van der Waals surface area contributed by atoms with E-state index in [4.69, 9.17) is 17.3 Å². The van der Waals surface area contributed by atoms with Crippen LogP contribution in [0.5, 0.6) is 0 Å². The molecule has 0 unspecified atom stereocenters. The van der Waals surface area contributed by atoms with Gasteiger partial charge < -0.3 is 5.73 Å². The number of alkyl halides is 1. The van der Waals surface area contributed by atoms with E-state index in [0.29, 0.717) is 11.6 Å². The van der Waals surface area contributed by atoms with Gasteiger partial charge in [-0.25, -0.2) is 0 Å². The van der Waals surface area contributed by atoms with E-state index in [1.54, 1.807) is 12.3 Å². The van der Waals surface area contributed by atoms with Gasteiger partial charge in [-0.05, 0) is 22.0 Å². The maximum Gasteiger partial charge on any atom is 0.0648 e. The second-order valence-corrected chi connectivity index (χ2v) is 2.95. The first-order chi connectivity index (χ1) is 4.74. The molecule has 1 aromatic rings. The van der Waals surface area contributed by atoms with Crippen molar-refractivity contribution in [3.8, 4) is 0 Å². The number of nitrogens with zero attached hydrogens (tertiary/aromatic N) is 1. The van der Waals surface area contributed by atoms with Crippen molar-refractivity contribution in [2.75, 3.05) is 5.73 Å². The predicted octanol–water partition coefficient (Wildman–Crippen LogP) is 2.17. The van der Waals surface area contributed by atoms with E-state index in [2.05, 4.69) is 20.9 Å². The first kappa shape index (κ1) is 7.82. The van der Waals surface area contributed by atoms with Gasteiger partial charge >= 0.3 is 0 Å². The molecule has 0 aliphatic heterocycles. The van der Waals surface area contributed by atoms with Crippen LogP contribution in [-0.2, 0) is 5.88 Å². The minimum absolute atomic E-state index is 0.400. The average Bonchev–Trinajstić information content (AvgIpc) is 1.95. The van der Waals surface area contributed by atoms with Crippen LogP contribution in [0.25, 0.3) is 0 Å². The number of hydrogen-bond donors (Lipinski definition) is 1. The summed E-state index contributed by atoms with van der Waals surface area (Å²) in [6.45, 7) is 0. The molecule has 0 atom stereocenters. The van der Waals surface area contributed by atoms with Crippen molar-refractivity contribution in [3.63, 3.8) is 0 Å². The Morgan fingerprint density at radius 3 is 2.90 bits per heavy atom. The molecule has 0 saturated carbocycles. The Labute approximate surface area is 72.5 Å². The highest BCUT2D eigenvalue weighted by atomic mass is 79.9. The van der Waals surface area contributed by atoms with Crippen molar-refractivity contribution in [2.45, 2.75) is 5.88 Å². The number of rotatable bonds is 1. The van der Waals surface area contributed by atoms with Crippen molar-refractivity contribution in [2.24, 2.45) is 0 Å². The van der Waals surface area contributed by atoms with Gasteiger partial charge in [0.25, 0.3) is 0 Å². The van der Waals surface area contributed by atoms with Gasteiger partial charge in [0.1, 0.15) is 0 Å². The number of halogens is 2. The molecule has 0 amide bonds. The number of anilines is 1. The van der Waals surface area contributed by atoms with E-state index in [-0.39, 0.29) is 0 Å². The van der Waals surface area contributed by atoms with Crippen molar-refractivity contribution in [1.82, 2.24) is 4.98 Å². The van der Waals surface area contributed by atoms with Crippen molar-refractivity contribution in [3.05, 3.63) is 22.4 Å². The molecule has 0 spiro atoms. The smallest absolute Gasteiger partial charge is 0.0648 e. The molecule has 0 aliphatic carbocycles. The van der Waals surface area contributed by atoms with Crippen LogP contribution in [0.2, 0.25) is 0 Å². The molecule has 1 aromatic heterocycles. The molecule has 4 heteroatoms. The third kappa shape index (κ3) is 1.61. The summed E-state index contributed by atoms with van der Waals surface area (Å²) >= 11 is 8.75. The van der Waals surface area contributed by atoms with Crippen LogP contribution < -0.4 is 5.73 Å². The van der Waals surface area contributed by atoms with Gasteiger partial charge in [0.05, 0.1) is 16.0 Å². The molecule has 0 bridgehead atoms. The van der Waals surface area contributed by atoms with E-state index in [9.17, 15) is 0 Å². The van der Waals surface area contributed by atoms with Gasteiger partial charge in [-0.2, -0.15) is 0 Å². The summed E-state index contributed by atoms with van der Waals surface area (Å²) < 4.78 is 0.807. The molecule has 0 aromatic carbocycles. The minimum Gasteiger partial charge on any atom is -0.398 e. The zero-order chi connectivity index (χ0) is 7.56. The van der Waals surface area contributed by atoms with Gasteiger partial charge in [0, 0.05) is 11.9 Å². The molecule has 1 heterocycles. The second-order valence-electron chi connectivity index (χ2n) is 1.83. The summed E-state index contributed by atoms with van der Waals surface area (Å²) in [6, 6.07) is 1.75. The Hall–Kier alpha value is -0.280. The summed E-state index contributed by atoms with van der Waals surface area (Å²) in [7, 11) is 0. The van der Waals surface area contributed by atoms with Gasteiger partial charge in [-0.1, -0.05) is 0 Å². The van der Waals surface area contributed by atoms with Crippen LogP contribution in [0.15, 0.2) is 16.7 Å². The standard InChI is InChI=1S/C6H6BrClN2/c7-5-3-10-4(2-8)1-6(5)9/h1,3H,2H2,(H2,9,10). The quantitative estimate of drug-likeness (QED) is 0.738. The molecule has 2 nitrogen and oxygen atoms in total. The summed E-state index contributed by atoms with van der Waals surface area (Å²) in [5.41, 5.74) is 7.02. The van der Waals surface area contributed by atoms with E-state index in [1.165, 1.54) is 0 Å². The van der Waals surface area contributed by atoms with E-state index in [0.717, 1.165) is 10.2 Å². The molecular formula is C6H6BrClN2. The lowest BCUT2D eigenvalue weighted by Gasteiger charge is -1.98. The van der Waals surface area contributed by atoms with Crippen LogP contribution >= 0.6 is 27.5 Å². The zero-order valence-corrected chi connectivity index (χ0v) is 7.48. The lowest BCUT2D eigenvalue weighted by atomic mass is 10.3. The largest absolute Gasteiger partial charge is 0.398 e. The van der Waals surface area contributed by atoms with Gasteiger partial charge in [-0.15, -0.1) is 11.6 Å². The Balaban J connectivity index is 3.04. The SMILES string of the molecule is Nc1cc(CCl)ncc1Br. The van der Waals surface area contributed by atoms with Crippen molar-refractivity contribution < 1.29 is 0 Å². The Bertz CT molecular complexity index is 239. The molecule has 54 valence electrons. The Morgan fingerprint density at radius 2 is 2.40 bits per heavy atom. The number of nitrogens with two attached hydrogens (primary N) is 1. The highest BCUT2D eigenvalue weighted by Crippen LogP contribution is 2.18. The van der Waals surface area contributed by atoms with Gasteiger partial charge in [-0.3, -0.25) is 4.98 Å². The fourth-order valence-corrected chi connectivity index (χ4v) is 0.936. The fraction of sp³-hybridized carbons (Fsp3) is 0.167. The van der Waals surface area contributed by atoms with Gasteiger partial charge in [0.15, 0.2) is 0 Å². The van der Waals surface area contributed by atoms with Crippen LogP contribution in [-0.4, -0.2) is 4.98 Å². The molecular weight excluding hydrogens is 215 g/mol. The van der Waals surface area contributed by atoms with E-state index < -0.39 is 0 Å². The van der Waals surface area contributed by atoms with Crippen LogP contribution in [0.1, 0.15) is 5.69 Å². The minimum atomic E-state index is 0.400. The first-order valence-corrected chi connectivity index (χ1v) is 4.02. The summed E-state index contributed by atoms with van der Waals surface area (Å²) in [5, 5.41) is 0. The summed E-state index contributed by atoms with van der Waals surface area (Å²) in [5.74, 6) is 0.400. The van der Waals surface area contributed by atoms with E-state index >= 15 is 0 Å². The van der Waals surface area contributed by atoms with E-state index in [1.807, 2.05) is 0 Å². The number of aromatic nitrogens is 1. The number of nitrogen functional groups attached to an aromatic ring is 1. The molecule has 1 rings (SSSR count). The molecule has 0 fully saturated rings. The Morgan fingerprint density at radius 1 is 1.70 bits per heavy atom. The normalized spacial score (nSPS) is 9.80. The fourth-order valence-electron chi connectivity index (χ4n) is 0.573. The second kappa shape index (κ2) is 3.21. The molecule has 10 heavy (non-hydrogen) atoms. The zero-order valence-electron chi connectivity index (χ0n) is 5.14. The lowest BCUT2D eigenvalue weighted by molar-refractivity contribution is 1.16. The van der Waals surface area contributed by atoms with Crippen LogP contribution in [0, 0.1) is 0 Å². The topological polar surface area (TPSA) is 38.9 Å². The lowest BCUT2D eigenvalue weighted by Crippen LogP contribution is -1.91. The first-order valence-electron chi connectivity index (χ1n) is 2.70. The highest BCUT2D eigenvalue weighted by molar-refractivity contribution is 9.10. The average molecular weight is 221 g/mol. The van der Waals surface area contributed by atoms with Crippen molar-refractivity contribution in [1.29, 1.82) is 0 Å². The maximum atomic E-state index is 5.55. The van der Waals surface area contributed by atoms with Gasteiger partial charge in [0.2, 0.25) is 0 Å².